The van der Waals surface area contributed by atoms with E-state index in [9.17, 15) is 5.11 Å². The Bertz CT molecular complexity index is 375. The van der Waals surface area contributed by atoms with Crippen molar-refractivity contribution in [3.63, 3.8) is 0 Å². The van der Waals surface area contributed by atoms with Crippen LogP contribution in [0.4, 0.5) is 0 Å². The van der Waals surface area contributed by atoms with Gasteiger partial charge in [-0.25, -0.2) is 4.98 Å². The van der Waals surface area contributed by atoms with Gasteiger partial charge in [0.2, 0.25) is 5.88 Å². The summed E-state index contributed by atoms with van der Waals surface area (Å²) in [6, 6.07) is 5.46. The van der Waals surface area contributed by atoms with Crippen LogP contribution in [0.3, 0.4) is 0 Å². The quantitative estimate of drug-likeness (QED) is 0.834. The molecule has 1 unspecified atom stereocenters. The standard InChI is InChI=1S/C13H20N2O2/c1-17-11-6-4-5-10(15-11)12(16)13(9-14)7-2-3-8-13/h4-6,12,16H,2-3,7-9,14H2,1H3. The molecule has 1 aliphatic rings. The van der Waals surface area contributed by atoms with Crippen LogP contribution in [0.25, 0.3) is 0 Å². The molecule has 1 heterocycles. The molecule has 1 atom stereocenters. The van der Waals surface area contributed by atoms with Crippen LogP contribution in [0.2, 0.25) is 0 Å². The van der Waals surface area contributed by atoms with Gasteiger partial charge in [-0.3, -0.25) is 0 Å². The van der Waals surface area contributed by atoms with Gasteiger partial charge in [-0.05, 0) is 18.9 Å². The van der Waals surface area contributed by atoms with E-state index in [1.165, 1.54) is 0 Å². The smallest absolute Gasteiger partial charge is 0.213 e. The van der Waals surface area contributed by atoms with Crippen LogP contribution in [0, 0.1) is 5.41 Å². The van der Waals surface area contributed by atoms with Crippen molar-refractivity contribution in [3.05, 3.63) is 23.9 Å². The molecule has 1 fully saturated rings. The Hall–Kier alpha value is -1.13. The third-order valence-corrected chi connectivity index (χ3v) is 3.82. The highest BCUT2D eigenvalue weighted by Gasteiger charge is 2.40. The van der Waals surface area contributed by atoms with Crippen molar-refractivity contribution in [2.45, 2.75) is 31.8 Å². The average Bonchev–Trinajstić information content (AvgIpc) is 2.88. The number of aliphatic hydroxyl groups excluding tert-OH is 1. The summed E-state index contributed by atoms with van der Waals surface area (Å²) in [5.41, 5.74) is 6.33. The summed E-state index contributed by atoms with van der Waals surface area (Å²) in [7, 11) is 1.58. The summed E-state index contributed by atoms with van der Waals surface area (Å²) in [5.74, 6) is 0.534. The molecule has 0 amide bonds. The fraction of sp³-hybridized carbons (Fsp3) is 0.615. The summed E-state index contributed by atoms with van der Waals surface area (Å²) < 4.78 is 5.08. The average molecular weight is 236 g/mol. The van der Waals surface area contributed by atoms with E-state index in [-0.39, 0.29) is 5.41 Å². The Kier molecular flexibility index (Phi) is 3.64. The molecule has 3 N–H and O–H groups in total. The molecule has 4 heteroatoms. The summed E-state index contributed by atoms with van der Waals surface area (Å²) in [6.07, 6.45) is 3.63. The summed E-state index contributed by atoms with van der Waals surface area (Å²) in [5, 5.41) is 10.5. The largest absolute Gasteiger partial charge is 0.481 e. The Balaban J connectivity index is 2.25. The van der Waals surface area contributed by atoms with Crippen LogP contribution in [0.15, 0.2) is 18.2 Å². The topological polar surface area (TPSA) is 68.4 Å². The van der Waals surface area contributed by atoms with E-state index in [2.05, 4.69) is 4.98 Å². The molecule has 1 aromatic rings. The van der Waals surface area contributed by atoms with Gasteiger partial charge >= 0.3 is 0 Å². The molecule has 2 rings (SSSR count). The number of hydrogen-bond acceptors (Lipinski definition) is 4. The number of aliphatic hydroxyl groups is 1. The lowest BCUT2D eigenvalue weighted by atomic mass is 9.79. The molecule has 4 nitrogen and oxygen atoms in total. The molecule has 0 radical (unpaired) electrons. The maximum Gasteiger partial charge on any atom is 0.213 e. The third-order valence-electron chi connectivity index (χ3n) is 3.82. The second-order valence-corrected chi connectivity index (χ2v) is 4.78. The van der Waals surface area contributed by atoms with E-state index in [4.69, 9.17) is 10.5 Å². The van der Waals surface area contributed by atoms with Crippen molar-refractivity contribution in [3.8, 4) is 5.88 Å². The second kappa shape index (κ2) is 5.02. The first-order valence-corrected chi connectivity index (χ1v) is 6.11. The predicted molar refractivity (Wildman–Crippen MR) is 65.7 cm³/mol. The molecule has 1 aliphatic carbocycles. The van der Waals surface area contributed by atoms with Gasteiger partial charge in [0.15, 0.2) is 0 Å². The number of pyridine rings is 1. The first-order valence-electron chi connectivity index (χ1n) is 6.11. The fourth-order valence-corrected chi connectivity index (χ4v) is 2.68. The van der Waals surface area contributed by atoms with Gasteiger partial charge in [0.25, 0.3) is 0 Å². The van der Waals surface area contributed by atoms with E-state index in [1.54, 1.807) is 13.2 Å². The monoisotopic (exact) mass is 236 g/mol. The van der Waals surface area contributed by atoms with Crippen LogP contribution in [0.1, 0.15) is 37.5 Å². The lowest BCUT2D eigenvalue weighted by molar-refractivity contribution is 0.0296. The normalized spacial score (nSPS) is 20.2. The Morgan fingerprint density at radius 2 is 2.18 bits per heavy atom. The fourth-order valence-electron chi connectivity index (χ4n) is 2.68. The van der Waals surface area contributed by atoms with Crippen molar-refractivity contribution in [1.29, 1.82) is 0 Å². The number of nitrogens with zero attached hydrogens (tertiary/aromatic N) is 1. The summed E-state index contributed by atoms with van der Waals surface area (Å²) in [4.78, 5) is 4.30. The van der Waals surface area contributed by atoms with Gasteiger partial charge in [0.1, 0.15) is 6.10 Å². The zero-order valence-corrected chi connectivity index (χ0v) is 10.2. The number of rotatable bonds is 4. The number of aromatic nitrogens is 1. The maximum absolute atomic E-state index is 10.5. The molecule has 94 valence electrons. The molecule has 1 saturated carbocycles. The SMILES string of the molecule is COc1cccc(C(O)C2(CN)CCCC2)n1. The molecule has 17 heavy (non-hydrogen) atoms. The second-order valence-electron chi connectivity index (χ2n) is 4.78. The predicted octanol–water partition coefficient (Wildman–Crippen LogP) is 1.64. The van der Waals surface area contributed by atoms with Gasteiger partial charge < -0.3 is 15.6 Å². The van der Waals surface area contributed by atoms with E-state index in [1.807, 2.05) is 12.1 Å². The highest BCUT2D eigenvalue weighted by Crippen LogP contribution is 2.46. The van der Waals surface area contributed by atoms with E-state index in [0.29, 0.717) is 18.1 Å². The van der Waals surface area contributed by atoms with Crippen LogP contribution >= 0.6 is 0 Å². The minimum Gasteiger partial charge on any atom is -0.481 e. The van der Waals surface area contributed by atoms with Crippen molar-refractivity contribution in [1.82, 2.24) is 4.98 Å². The maximum atomic E-state index is 10.5. The Labute approximate surface area is 102 Å². The number of hydrogen-bond donors (Lipinski definition) is 2. The molecular formula is C13H20N2O2. The number of methoxy groups -OCH3 is 1. The van der Waals surface area contributed by atoms with Gasteiger partial charge in [-0.2, -0.15) is 0 Å². The van der Waals surface area contributed by atoms with Crippen molar-refractivity contribution >= 4 is 0 Å². The zero-order chi connectivity index (χ0) is 12.3. The lowest BCUT2D eigenvalue weighted by Crippen LogP contribution is -2.34. The molecule has 0 saturated heterocycles. The van der Waals surface area contributed by atoms with Gasteiger partial charge in [0, 0.05) is 18.0 Å². The van der Waals surface area contributed by atoms with Gasteiger partial charge in [0.05, 0.1) is 12.8 Å². The van der Waals surface area contributed by atoms with Gasteiger partial charge in [-0.15, -0.1) is 0 Å². The van der Waals surface area contributed by atoms with Crippen molar-refractivity contribution < 1.29 is 9.84 Å². The van der Waals surface area contributed by atoms with Crippen LogP contribution < -0.4 is 10.5 Å². The minimum absolute atomic E-state index is 0.195. The highest BCUT2D eigenvalue weighted by molar-refractivity contribution is 5.19. The molecule has 0 spiro atoms. The van der Waals surface area contributed by atoms with E-state index < -0.39 is 6.10 Å². The molecule has 0 bridgehead atoms. The third kappa shape index (κ3) is 2.28. The Morgan fingerprint density at radius 1 is 1.47 bits per heavy atom. The van der Waals surface area contributed by atoms with E-state index in [0.717, 1.165) is 25.7 Å². The van der Waals surface area contributed by atoms with Crippen LogP contribution in [-0.4, -0.2) is 23.7 Å². The van der Waals surface area contributed by atoms with Crippen LogP contribution in [0.5, 0.6) is 5.88 Å². The molecular weight excluding hydrogens is 216 g/mol. The molecule has 0 aromatic carbocycles. The lowest BCUT2D eigenvalue weighted by Gasteiger charge is -2.32. The van der Waals surface area contributed by atoms with Gasteiger partial charge in [-0.1, -0.05) is 18.9 Å². The first-order chi connectivity index (χ1) is 8.22. The number of nitrogens with two attached hydrogens (primary N) is 1. The molecule has 1 aromatic heterocycles. The number of ether oxygens (including phenoxy) is 1. The Morgan fingerprint density at radius 3 is 2.76 bits per heavy atom. The van der Waals surface area contributed by atoms with E-state index >= 15 is 0 Å². The highest BCUT2D eigenvalue weighted by atomic mass is 16.5. The van der Waals surface area contributed by atoms with Crippen molar-refractivity contribution in [2.24, 2.45) is 11.1 Å². The van der Waals surface area contributed by atoms with Crippen LogP contribution in [-0.2, 0) is 0 Å². The zero-order valence-electron chi connectivity index (χ0n) is 10.2. The van der Waals surface area contributed by atoms with Crippen molar-refractivity contribution in [2.75, 3.05) is 13.7 Å². The summed E-state index contributed by atoms with van der Waals surface area (Å²) in [6.45, 7) is 0.507. The minimum atomic E-state index is -0.593. The molecule has 0 aliphatic heterocycles. The summed E-state index contributed by atoms with van der Waals surface area (Å²) >= 11 is 0. The first kappa shape index (κ1) is 12.3.